The predicted octanol–water partition coefficient (Wildman–Crippen LogP) is 2.98. The van der Waals surface area contributed by atoms with Crippen LogP contribution in [0.2, 0.25) is 5.02 Å². The van der Waals surface area contributed by atoms with E-state index >= 15 is 0 Å². The molecule has 2 aromatic carbocycles. The smallest absolute Gasteiger partial charge is 0.251 e. The minimum absolute atomic E-state index is 0.0716. The quantitative estimate of drug-likeness (QED) is 0.681. The van der Waals surface area contributed by atoms with Crippen LogP contribution in [-0.2, 0) is 10.0 Å². The molecule has 1 amide bonds. The van der Waals surface area contributed by atoms with Gasteiger partial charge in [-0.25, -0.2) is 8.42 Å². The van der Waals surface area contributed by atoms with Gasteiger partial charge in [-0.1, -0.05) is 39.7 Å². The van der Waals surface area contributed by atoms with Crippen LogP contribution in [0.25, 0.3) is 0 Å². The Morgan fingerprint density at radius 2 is 1.79 bits per heavy atom. The van der Waals surface area contributed by atoms with Gasteiger partial charge in [0, 0.05) is 53.5 Å². The molecule has 3 rings (SSSR count). The Morgan fingerprint density at radius 3 is 2.46 bits per heavy atom. The standard InChI is InChI=1S/C19H21BrClN3O3S/c20-16-4-1-3-15(13-16)19(25)22-7-12-28(26,27)24-10-8-23(9-11-24)18-6-2-5-17(21)14-18/h1-6,13-14H,7-12H2,(H,22,25). The average molecular weight is 487 g/mol. The Morgan fingerprint density at radius 1 is 1.07 bits per heavy atom. The summed E-state index contributed by atoms with van der Waals surface area (Å²) >= 11 is 9.35. The van der Waals surface area contributed by atoms with Gasteiger partial charge in [0.05, 0.1) is 5.75 Å². The summed E-state index contributed by atoms with van der Waals surface area (Å²) in [5.41, 5.74) is 1.48. The summed E-state index contributed by atoms with van der Waals surface area (Å²) in [5, 5.41) is 3.33. The average Bonchev–Trinajstić information content (AvgIpc) is 2.68. The van der Waals surface area contributed by atoms with Crippen molar-refractivity contribution in [1.29, 1.82) is 0 Å². The van der Waals surface area contributed by atoms with Crippen LogP contribution in [0.1, 0.15) is 10.4 Å². The van der Waals surface area contributed by atoms with Gasteiger partial charge >= 0.3 is 0 Å². The largest absolute Gasteiger partial charge is 0.369 e. The normalized spacial score (nSPS) is 15.4. The van der Waals surface area contributed by atoms with Gasteiger partial charge in [0.2, 0.25) is 10.0 Å². The summed E-state index contributed by atoms with van der Waals surface area (Å²) in [5.74, 6) is -0.411. The van der Waals surface area contributed by atoms with Gasteiger partial charge in [0.25, 0.3) is 5.91 Å². The number of carbonyl (C=O) groups excluding carboxylic acids is 1. The van der Waals surface area contributed by atoms with Gasteiger partial charge in [0.1, 0.15) is 0 Å². The molecule has 0 aliphatic carbocycles. The van der Waals surface area contributed by atoms with Crippen LogP contribution in [0.15, 0.2) is 53.0 Å². The van der Waals surface area contributed by atoms with Gasteiger partial charge in [-0.15, -0.1) is 0 Å². The van der Waals surface area contributed by atoms with E-state index in [1.54, 1.807) is 18.2 Å². The van der Waals surface area contributed by atoms with Crippen LogP contribution < -0.4 is 10.2 Å². The summed E-state index contributed by atoms with van der Waals surface area (Å²) in [4.78, 5) is 14.2. The summed E-state index contributed by atoms with van der Waals surface area (Å²) in [6, 6.07) is 14.5. The maximum Gasteiger partial charge on any atom is 0.251 e. The zero-order valence-corrected chi connectivity index (χ0v) is 18.3. The first-order valence-electron chi connectivity index (χ1n) is 8.87. The van der Waals surface area contributed by atoms with Crippen molar-refractivity contribution in [2.75, 3.05) is 43.4 Å². The fourth-order valence-corrected chi connectivity index (χ4v) is 4.97. The number of halogens is 2. The number of nitrogens with zero attached hydrogens (tertiary/aromatic N) is 2. The summed E-state index contributed by atoms with van der Waals surface area (Å²) in [6.07, 6.45) is 0. The Balaban J connectivity index is 1.49. The number of carbonyl (C=O) groups is 1. The first-order valence-corrected chi connectivity index (χ1v) is 11.7. The van der Waals surface area contributed by atoms with Crippen molar-refractivity contribution >= 4 is 49.1 Å². The number of benzene rings is 2. The highest BCUT2D eigenvalue weighted by atomic mass is 79.9. The fourth-order valence-electron chi connectivity index (χ4n) is 3.05. The molecule has 1 aliphatic heterocycles. The number of anilines is 1. The van der Waals surface area contributed by atoms with Crippen LogP contribution >= 0.6 is 27.5 Å². The summed E-state index contributed by atoms with van der Waals surface area (Å²) in [7, 11) is -3.43. The maximum absolute atomic E-state index is 12.6. The molecule has 0 spiro atoms. The van der Waals surface area contributed by atoms with E-state index in [0.717, 1.165) is 10.2 Å². The molecule has 1 saturated heterocycles. The Labute approximate surface area is 178 Å². The topological polar surface area (TPSA) is 69.7 Å². The molecule has 1 N–H and O–H groups in total. The second-order valence-corrected chi connectivity index (χ2v) is 9.89. The molecule has 0 atom stereocenters. The highest BCUT2D eigenvalue weighted by Crippen LogP contribution is 2.21. The molecule has 150 valence electrons. The molecular weight excluding hydrogens is 466 g/mol. The van der Waals surface area contributed by atoms with E-state index in [1.807, 2.05) is 30.3 Å². The summed E-state index contributed by atoms with van der Waals surface area (Å²) in [6.45, 7) is 2.10. The van der Waals surface area contributed by atoms with Gasteiger partial charge in [-0.05, 0) is 36.4 Å². The first-order chi connectivity index (χ1) is 13.3. The molecule has 28 heavy (non-hydrogen) atoms. The zero-order chi connectivity index (χ0) is 20.1. The van der Waals surface area contributed by atoms with Crippen molar-refractivity contribution in [1.82, 2.24) is 9.62 Å². The number of hydrogen-bond donors (Lipinski definition) is 1. The zero-order valence-electron chi connectivity index (χ0n) is 15.1. The lowest BCUT2D eigenvalue weighted by atomic mass is 10.2. The SMILES string of the molecule is O=C(NCCS(=O)(=O)N1CCN(c2cccc(Cl)c2)CC1)c1cccc(Br)c1. The van der Waals surface area contributed by atoms with Crippen LogP contribution in [0.3, 0.4) is 0 Å². The van der Waals surface area contributed by atoms with E-state index in [0.29, 0.717) is 36.8 Å². The molecule has 1 aliphatic rings. The van der Waals surface area contributed by atoms with Gasteiger partial charge in [-0.3, -0.25) is 4.79 Å². The molecule has 0 bridgehead atoms. The predicted molar refractivity (Wildman–Crippen MR) is 116 cm³/mol. The Kier molecular flexibility index (Phi) is 6.98. The number of hydrogen-bond acceptors (Lipinski definition) is 4. The monoisotopic (exact) mass is 485 g/mol. The molecule has 0 saturated carbocycles. The van der Waals surface area contributed by atoms with E-state index in [9.17, 15) is 13.2 Å². The van der Waals surface area contributed by atoms with Crippen LogP contribution in [0, 0.1) is 0 Å². The maximum atomic E-state index is 12.6. The molecule has 0 aromatic heterocycles. The minimum Gasteiger partial charge on any atom is -0.369 e. The number of nitrogens with one attached hydrogen (secondary N) is 1. The molecule has 0 radical (unpaired) electrons. The van der Waals surface area contributed by atoms with E-state index in [-0.39, 0.29) is 18.2 Å². The van der Waals surface area contributed by atoms with Crippen molar-refractivity contribution in [3.63, 3.8) is 0 Å². The van der Waals surface area contributed by atoms with Crippen LogP contribution in [-0.4, -0.2) is 57.1 Å². The molecular formula is C19H21BrClN3O3S. The van der Waals surface area contributed by atoms with E-state index in [4.69, 9.17) is 11.6 Å². The van der Waals surface area contributed by atoms with Crippen molar-refractivity contribution in [2.24, 2.45) is 0 Å². The molecule has 2 aromatic rings. The van der Waals surface area contributed by atoms with Crippen LogP contribution in [0.5, 0.6) is 0 Å². The molecule has 1 fully saturated rings. The first kappa shape index (κ1) is 21.1. The third-order valence-electron chi connectivity index (χ3n) is 4.54. The second kappa shape index (κ2) is 9.26. The third-order valence-corrected chi connectivity index (χ3v) is 7.14. The van der Waals surface area contributed by atoms with Gasteiger partial charge < -0.3 is 10.2 Å². The van der Waals surface area contributed by atoms with Crippen molar-refractivity contribution in [2.45, 2.75) is 0 Å². The van der Waals surface area contributed by atoms with Crippen molar-refractivity contribution < 1.29 is 13.2 Å². The lowest BCUT2D eigenvalue weighted by Crippen LogP contribution is -2.50. The lowest BCUT2D eigenvalue weighted by Gasteiger charge is -2.35. The number of piperazine rings is 1. The Bertz CT molecular complexity index is 947. The number of amides is 1. The molecule has 1 heterocycles. The third kappa shape index (κ3) is 5.47. The molecule has 6 nitrogen and oxygen atoms in total. The minimum atomic E-state index is -3.43. The molecule has 9 heteroatoms. The number of sulfonamides is 1. The number of rotatable bonds is 6. The second-order valence-electron chi connectivity index (χ2n) is 6.45. The highest BCUT2D eigenvalue weighted by Gasteiger charge is 2.27. The van der Waals surface area contributed by atoms with Crippen LogP contribution in [0.4, 0.5) is 5.69 Å². The van der Waals surface area contributed by atoms with Gasteiger partial charge in [0.15, 0.2) is 0 Å². The highest BCUT2D eigenvalue weighted by molar-refractivity contribution is 9.10. The van der Waals surface area contributed by atoms with E-state index in [1.165, 1.54) is 4.31 Å². The fraction of sp³-hybridized carbons (Fsp3) is 0.316. The lowest BCUT2D eigenvalue weighted by molar-refractivity contribution is 0.0956. The van der Waals surface area contributed by atoms with Gasteiger partial charge in [-0.2, -0.15) is 4.31 Å². The van der Waals surface area contributed by atoms with Crippen molar-refractivity contribution in [3.05, 3.63) is 63.6 Å². The Hall–Kier alpha value is -1.61. The van der Waals surface area contributed by atoms with E-state index < -0.39 is 10.0 Å². The molecule has 0 unspecified atom stereocenters. The van der Waals surface area contributed by atoms with E-state index in [2.05, 4.69) is 26.1 Å². The van der Waals surface area contributed by atoms with Crippen molar-refractivity contribution in [3.8, 4) is 0 Å². The summed E-state index contributed by atoms with van der Waals surface area (Å²) < 4.78 is 27.4.